The summed E-state index contributed by atoms with van der Waals surface area (Å²) in [4.78, 5) is 2.46. The van der Waals surface area contributed by atoms with E-state index in [2.05, 4.69) is 37.4 Å². The topological polar surface area (TPSA) is 15.3 Å². The molecule has 0 aliphatic carbocycles. The quantitative estimate of drug-likeness (QED) is 0.778. The lowest BCUT2D eigenvalue weighted by molar-refractivity contribution is 0.175. The van der Waals surface area contributed by atoms with E-state index < -0.39 is 0 Å². The first-order valence-corrected chi connectivity index (χ1v) is 7.46. The van der Waals surface area contributed by atoms with E-state index in [4.69, 9.17) is 0 Å². The molecule has 1 aliphatic heterocycles. The van der Waals surface area contributed by atoms with Gasteiger partial charge >= 0.3 is 0 Å². The first kappa shape index (κ1) is 13.3. The molecule has 15 heavy (non-hydrogen) atoms. The Morgan fingerprint density at radius 1 is 1.47 bits per heavy atom. The fraction of sp³-hybridized carbons (Fsp3) is 1.00. The summed E-state index contributed by atoms with van der Waals surface area (Å²) in [7, 11) is 2.24. The highest BCUT2D eigenvalue weighted by atomic mass is 32.2. The highest BCUT2D eigenvalue weighted by molar-refractivity contribution is 7.98. The third kappa shape index (κ3) is 4.75. The van der Waals surface area contributed by atoms with Crippen LogP contribution in [0.4, 0.5) is 0 Å². The average molecular weight is 230 g/mol. The second kappa shape index (κ2) is 6.77. The van der Waals surface area contributed by atoms with Crippen molar-refractivity contribution in [2.24, 2.45) is 5.92 Å². The molecule has 3 heteroatoms. The van der Waals surface area contributed by atoms with Crippen LogP contribution < -0.4 is 5.32 Å². The zero-order valence-electron chi connectivity index (χ0n) is 10.6. The van der Waals surface area contributed by atoms with E-state index in [0.717, 1.165) is 5.92 Å². The van der Waals surface area contributed by atoms with Crippen molar-refractivity contribution in [1.29, 1.82) is 0 Å². The molecule has 0 spiro atoms. The van der Waals surface area contributed by atoms with Gasteiger partial charge in [0.15, 0.2) is 0 Å². The second-order valence-electron chi connectivity index (χ2n) is 4.98. The van der Waals surface area contributed by atoms with E-state index in [1.807, 2.05) is 11.8 Å². The van der Waals surface area contributed by atoms with Gasteiger partial charge in [-0.3, -0.25) is 0 Å². The van der Waals surface area contributed by atoms with Crippen LogP contribution in [0.15, 0.2) is 0 Å². The summed E-state index contributed by atoms with van der Waals surface area (Å²) in [6.45, 7) is 7.18. The van der Waals surface area contributed by atoms with Crippen LogP contribution in [0.3, 0.4) is 0 Å². The maximum atomic E-state index is 3.72. The highest BCUT2D eigenvalue weighted by Crippen LogP contribution is 2.19. The van der Waals surface area contributed by atoms with Gasteiger partial charge in [0.1, 0.15) is 0 Å². The number of rotatable bonds is 5. The molecule has 1 heterocycles. The van der Waals surface area contributed by atoms with Gasteiger partial charge in [-0.1, -0.05) is 0 Å². The summed E-state index contributed by atoms with van der Waals surface area (Å²) in [5.41, 5.74) is 0. The van der Waals surface area contributed by atoms with E-state index in [-0.39, 0.29) is 0 Å². The Morgan fingerprint density at radius 3 is 2.80 bits per heavy atom. The summed E-state index contributed by atoms with van der Waals surface area (Å²) in [5.74, 6) is 2.06. The number of nitrogens with one attached hydrogen (secondary N) is 1. The minimum Gasteiger partial charge on any atom is -0.311 e. The van der Waals surface area contributed by atoms with Gasteiger partial charge in [0, 0.05) is 24.4 Å². The number of hydrogen-bond donors (Lipinski definition) is 1. The van der Waals surface area contributed by atoms with Gasteiger partial charge in [0.2, 0.25) is 0 Å². The van der Waals surface area contributed by atoms with Crippen molar-refractivity contribution >= 4 is 11.8 Å². The Balaban J connectivity index is 2.28. The van der Waals surface area contributed by atoms with Crippen LogP contribution in [0.2, 0.25) is 0 Å². The zero-order chi connectivity index (χ0) is 11.3. The SMILES string of the molecule is CSCC(C)NC(C)C1CCCN(C)C1. The lowest BCUT2D eigenvalue weighted by atomic mass is 9.91. The maximum absolute atomic E-state index is 3.72. The average Bonchev–Trinajstić information content (AvgIpc) is 2.18. The monoisotopic (exact) mass is 230 g/mol. The summed E-state index contributed by atoms with van der Waals surface area (Å²) in [6, 6.07) is 1.30. The normalized spacial score (nSPS) is 27.6. The Kier molecular flexibility index (Phi) is 6.02. The first-order valence-electron chi connectivity index (χ1n) is 6.07. The molecule has 1 rings (SSSR count). The predicted molar refractivity (Wildman–Crippen MR) is 70.7 cm³/mol. The van der Waals surface area contributed by atoms with Crippen LogP contribution in [-0.2, 0) is 0 Å². The summed E-state index contributed by atoms with van der Waals surface area (Å²) >= 11 is 1.93. The molecule has 1 saturated heterocycles. The summed E-state index contributed by atoms with van der Waals surface area (Å²) in [5, 5.41) is 3.72. The third-order valence-corrected chi connectivity index (χ3v) is 4.17. The van der Waals surface area contributed by atoms with E-state index in [0.29, 0.717) is 12.1 Å². The predicted octanol–water partition coefficient (Wildman–Crippen LogP) is 2.06. The number of piperidine rings is 1. The van der Waals surface area contributed by atoms with Crippen molar-refractivity contribution in [3.8, 4) is 0 Å². The molecule has 3 atom stereocenters. The highest BCUT2D eigenvalue weighted by Gasteiger charge is 2.23. The van der Waals surface area contributed by atoms with E-state index >= 15 is 0 Å². The smallest absolute Gasteiger partial charge is 0.0132 e. The molecule has 0 radical (unpaired) electrons. The van der Waals surface area contributed by atoms with Crippen molar-refractivity contribution < 1.29 is 0 Å². The van der Waals surface area contributed by atoms with E-state index in [1.54, 1.807) is 0 Å². The van der Waals surface area contributed by atoms with Gasteiger partial charge in [-0.25, -0.2) is 0 Å². The van der Waals surface area contributed by atoms with Gasteiger partial charge < -0.3 is 10.2 Å². The summed E-state index contributed by atoms with van der Waals surface area (Å²) in [6.07, 6.45) is 4.94. The Bertz CT molecular complexity index is 175. The molecule has 90 valence electrons. The lowest BCUT2D eigenvalue weighted by Gasteiger charge is -2.35. The molecule has 0 bridgehead atoms. The Labute approximate surface area is 99.2 Å². The lowest BCUT2D eigenvalue weighted by Crippen LogP contribution is -2.46. The molecule has 0 amide bonds. The van der Waals surface area contributed by atoms with Gasteiger partial charge in [0.05, 0.1) is 0 Å². The van der Waals surface area contributed by atoms with Crippen molar-refractivity contribution in [3.05, 3.63) is 0 Å². The van der Waals surface area contributed by atoms with E-state index in [1.165, 1.54) is 31.7 Å². The molecule has 0 aromatic carbocycles. The van der Waals surface area contributed by atoms with Gasteiger partial charge in [-0.05, 0) is 52.5 Å². The van der Waals surface area contributed by atoms with Crippen LogP contribution in [0.25, 0.3) is 0 Å². The van der Waals surface area contributed by atoms with E-state index in [9.17, 15) is 0 Å². The van der Waals surface area contributed by atoms with Crippen molar-refractivity contribution in [1.82, 2.24) is 10.2 Å². The van der Waals surface area contributed by atoms with Crippen LogP contribution in [0.1, 0.15) is 26.7 Å². The number of thioether (sulfide) groups is 1. The van der Waals surface area contributed by atoms with Crippen LogP contribution in [-0.4, -0.2) is 49.1 Å². The first-order chi connectivity index (χ1) is 7.13. The zero-order valence-corrected chi connectivity index (χ0v) is 11.4. The molecule has 1 aliphatic rings. The molecule has 2 nitrogen and oxygen atoms in total. The van der Waals surface area contributed by atoms with Gasteiger partial charge in [0.25, 0.3) is 0 Å². The van der Waals surface area contributed by atoms with Crippen LogP contribution in [0, 0.1) is 5.92 Å². The second-order valence-corrected chi connectivity index (χ2v) is 5.89. The molecule has 0 aromatic rings. The summed E-state index contributed by atoms with van der Waals surface area (Å²) < 4.78 is 0. The molecule has 1 N–H and O–H groups in total. The third-order valence-electron chi connectivity index (χ3n) is 3.33. The minimum absolute atomic E-state index is 0.641. The molecular weight excluding hydrogens is 204 g/mol. The fourth-order valence-electron chi connectivity index (χ4n) is 2.50. The number of likely N-dealkylation sites (tertiary alicyclic amines) is 1. The largest absolute Gasteiger partial charge is 0.311 e. The fourth-order valence-corrected chi connectivity index (χ4v) is 3.09. The van der Waals surface area contributed by atoms with Crippen LogP contribution >= 0.6 is 11.8 Å². The maximum Gasteiger partial charge on any atom is 0.0132 e. The van der Waals surface area contributed by atoms with Crippen LogP contribution in [0.5, 0.6) is 0 Å². The van der Waals surface area contributed by atoms with Gasteiger partial charge in [-0.2, -0.15) is 11.8 Å². The van der Waals surface area contributed by atoms with Crippen molar-refractivity contribution in [2.75, 3.05) is 32.1 Å². The van der Waals surface area contributed by atoms with Gasteiger partial charge in [-0.15, -0.1) is 0 Å². The Hall–Kier alpha value is 0.270. The van der Waals surface area contributed by atoms with Crippen molar-refractivity contribution in [3.63, 3.8) is 0 Å². The molecule has 0 aromatic heterocycles. The molecule has 0 saturated carbocycles. The Morgan fingerprint density at radius 2 is 2.20 bits per heavy atom. The van der Waals surface area contributed by atoms with Crippen molar-refractivity contribution in [2.45, 2.75) is 38.8 Å². The minimum atomic E-state index is 0.641. The standard InChI is InChI=1S/C12H26N2S/c1-10(9-15-4)13-11(2)12-6-5-7-14(3)8-12/h10-13H,5-9H2,1-4H3. The molecule has 1 fully saturated rings. The number of nitrogens with zero attached hydrogens (tertiary/aromatic N) is 1. The molecular formula is C12H26N2S. The molecule has 3 unspecified atom stereocenters. The number of hydrogen-bond acceptors (Lipinski definition) is 3.